The van der Waals surface area contributed by atoms with Gasteiger partial charge in [-0.1, -0.05) is 45.8 Å². The molecule has 0 aliphatic heterocycles. The van der Waals surface area contributed by atoms with Crippen LogP contribution in [0.5, 0.6) is 0 Å². The van der Waals surface area contributed by atoms with Gasteiger partial charge >= 0.3 is 0 Å². The molecule has 0 saturated carbocycles. The van der Waals surface area contributed by atoms with Gasteiger partial charge in [-0.15, -0.1) is 0 Å². The van der Waals surface area contributed by atoms with Gasteiger partial charge < -0.3 is 0 Å². The fourth-order valence-corrected chi connectivity index (χ4v) is 2.39. The Morgan fingerprint density at radius 1 is 1.18 bits per heavy atom. The van der Waals surface area contributed by atoms with Crippen molar-refractivity contribution in [1.29, 1.82) is 0 Å². The predicted octanol–water partition coefficient (Wildman–Crippen LogP) is 4.40. The molecular weight excluding hydrogens is 604 g/mol. The molecule has 2 aromatic rings. The van der Waals surface area contributed by atoms with Gasteiger partial charge in [0, 0.05) is 19.2 Å². The lowest BCUT2D eigenvalue weighted by molar-refractivity contribution is 0.760. The minimum Gasteiger partial charge on any atom is -0.266 e. The van der Waals surface area contributed by atoms with Gasteiger partial charge in [-0.25, -0.2) is 0 Å². The van der Waals surface area contributed by atoms with Crippen molar-refractivity contribution >= 4 is 91.0 Å². The number of hydrogen-bond acceptors (Lipinski definition) is 2. The number of H-pyrrole nitrogens is 1. The summed E-state index contributed by atoms with van der Waals surface area (Å²) < 4.78 is 3.45. The summed E-state index contributed by atoms with van der Waals surface area (Å²) in [4.78, 5) is 1.97. The monoisotopic (exact) mass is 612 g/mol. The Bertz CT molecular complexity index is 408. The molecule has 1 N–H and O–H groups in total. The van der Waals surface area contributed by atoms with Gasteiger partial charge in [0.25, 0.3) is 0 Å². The van der Waals surface area contributed by atoms with E-state index in [0.717, 1.165) is 7.40 Å². The van der Waals surface area contributed by atoms with Crippen LogP contribution in [0.2, 0.25) is 10.3 Å². The van der Waals surface area contributed by atoms with E-state index in [9.17, 15) is 0 Å². The van der Waals surface area contributed by atoms with E-state index in [-0.39, 0.29) is 0 Å². The normalized spacial score (nSPS) is 8.88. The number of nitrogens with one attached hydrogen (secondary N) is 1. The number of aromatic amines is 1. The molecule has 0 fully saturated rings. The quantitative estimate of drug-likeness (QED) is 0.355. The van der Waals surface area contributed by atoms with E-state index < -0.39 is 0 Å². The molecule has 17 heavy (non-hydrogen) atoms. The van der Waals surface area contributed by atoms with E-state index in [2.05, 4.69) is 83.1 Å². The van der Waals surface area contributed by atoms with Gasteiger partial charge in [0.05, 0.1) is 0 Å². The van der Waals surface area contributed by atoms with Gasteiger partial charge in [0.2, 0.25) is 0 Å². The van der Waals surface area contributed by atoms with Crippen molar-refractivity contribution in [2.45, 2.75) is 0 Å². The third kappa shape index (κ3) is 8.06. The molecule has 0 spiro atoms. The van der Waals surface area contributed by atoms with E-state index in [4.69, 9.17) is 23.2 Å². The summed E-state index contributed by atoms with van der Waals surface area (Å²) in [6, 6.07) is 3.56. The Morgan fingerprint density at radius 3 is 1.88 bits per heavy atom. The Balaban J connectivity index is 0.000000265. The molecule has 0 atom stereocenters. The number of rotatable bonds is 0. The van der Waals surface area contributed by atoms with Gasteiger partial charge in [-0.3, -0.25) is 9.78 Å². The highest BCUT2D eigenvalue weighted by Crippen LogP contribution is 2.09. The van der Waals surface area contributed by atoms with Crippen molar-refractivity contribution in [3.05, 3.63) is 29.8 Å². The van der Waals surface area contributed by atoms with E-state index in [0.29, 0.717) is 10.3 Å². The Labute approximate surface area is 151 Å². The highest BCUT2D eigenvalue weighted by atomic mass is 127. The van der Waals surface area contributed by atoms with Crippen LogP contribution in [-0.4, -0.2) is 24.9 Å². The van der Waals surface area contributed by atoms with Crippen LogP contribution in [0.15, 0.2) is 12.1 Å². The third-order valence-electron chi connectivity index (χ3n) is 1.31. The number of aryl methyl sites for hydroxylation is 1. The highest BCUT2D eigenvalue weighted by molar-refractivity contribution is 14.1. The van der Waals surface area contributed by atoms with Crippen molar-refractivity contribution in [3.8, 4) is 0 Å². The van der Waals surface area contributed by atoms with Gasteiger partial charge in [0.1, 0.15) is 17.7 Å². The molecular formula is C8H9Cl2I3N4. The summed E-state index contributed by atoms with van der Waals surface area (Å²) >= 11 is 17.4. The molecule has 0 bridgehead atoms. The fraction of sp³-hybridized carbons (Fsp3) is 0.250. The maximum Gasteiger partial charge on any atom is 0.127 e. The average molecular weight is 613 g/mol. The topological polar surface area (TPSA) is 46.5 Å². The smallest absolute Gasteiger partial charge is 0.127 e. The van der Waals surface area contributed by atoms with Crippen LogP contribution < -0.4 is 0 Å². The van der Waals surface area contributed by atoms with E-state index >= 15 is 0 Å². The van der Waals surface area contributed by atoms with Crippen LogP contribution >= 0.6 is 91.0 Å². The zero-order valence-electron chi connectivity index (χ0n) is 8.89. The molecule has 0 aliphatic carbocycles. The summed E-state index contributed by atoms with van der Waals surface area (Å²) in [7, 11) is 1.81. The summed E-state index contributed by atoms with van der Waals surface area (Å²) in [5, 5.41) is 11.6. The zero-order valence-corrected chi connectivity index (χ0v) is 16.9. The molecule has 4 nitrogen and oxygen atoms in total. The molecule has 0 aromatic carbocycles. The second-order valence-corrected chi connectivity index (χ2v) is 5.46. The first kappa shape index (κ1) is 18.2. The van der Waals surface area contributed by atoms with Crippen LogP contribution in [-0.2, 0) is 7.05 Å². The predicted molar refractivity (Wildman–Crippen MR) is 97.2 cm³/mol. The minimum absolute atomic E-state index is 0.587. The van der Waals surface area contributed by atoms with Gasteiger partial charge in [-0.2, -0.15) is 10.2 Å². The van der Waals surface area contributed by atoms with E-state index in [1.54, 1.807) is 10.7 Å². The Hall–Kier alpha value is 1.19. The van der Waals surface area contributed by atoms with Crippen LogP contribution in [0.1, 0.15) is 0 Å². The maximum absolute atomic E-state index is 5.63. The summed E-state index contributed by atoms with van der Waals surface area (Å²) in [5.74, 6) is 0. The van der Waals surface area contributed by atoms with Crippen molar-refractivity contribution in [2.24, 2.45) is 7.05 Å². The molecule has 9 heteroatoms. The second kappa shape index (κ2) is 10.0. The first-order valence-electron chi connectivity index (χ1n) is 4.08. The lowest BCUT2D eigenvalue weighted by atomic mass is 10.7. The molecule has 0 saturated heterocycles. The molecule has 0 amide bonds. The highest BCUT2D eigenvalue weighted by Gasteiger charge is 1.95. The SMILES string of the molecule is CI.Clc1cc(I)n[nH]1.Cn1nc(I)cc1Cl. The average Bonchev–Trinajstić information content (AvgIpc) is 2.77. The largest absolute Gasteiger partial charge is 0.266 e. The first-order chi connectivity index (χ1) is 7.99. The number of aromatic nitrogens is 4. The lowest BCUT2D eigenvalue weighted by Crippen LogP contribution is -1.88. The summed E-state index contributed by atoms with van der Waals surface area (Å²) in [6.07, 6.45) is 0. The summed E-state index contributed by atoms with van der Waals surface area (Å²) in [6.45, 7) is 0. The minimum atomic E-state index is 0.587. The number of halogens is 5. The fourth-order valence-electron chi connectivity index (χ4n) is 0.688. The maximum atomic E-state index is 5.63. The molecule has 0 aliphatic rings. The van der Waals surface area contributed by atoms with Crippen molar-refractivity contribution < 1.29 is 0 Å². The molecule has 96 valence electrons. The van der Waals surface area contributed by atoms with Crippen LogP contribution in [0.25, 0.3) is 0 Å². The van der Waals surface area contributed by atoms with Crippen LogP contribution in [0, 0.1) is 7.40 Å². The van der Waals surface area contributed by atoms with Gasteiger partial charge in [0.15, 0.2) is 0 Å². The number of nitrogens with zero attached hydrogens (tertiary/aromatic N) is 3. The second-order valence-electron chi connectivity index (χ2n) is 2.45. The van der Waals surface area contributed by atoms with Crippen LogP contribution in [0.3, 0.4) is 0 Å². The molecule has 2 aromatic heterocycles. The molecule has 2 rings (SSSR count). The first-order valence-corrected chi connectivity index (χ1v) is 9.15. The Kier molecular flexibility index (Phi) is 10.7. The number of alkyl halides is 1. The van der Waals surface area contributed by atoms with E-state index in [1.807, 2.05) is 18.0 Å². The van der Waals surface area contributed by atoms with Gasteiger partial charge in [-0.05, 0) is 50.1 Å². The van der Waals surface area contributed by atoms with Crippen molar-refractivity contribution in [3.63, 3.8) is 0 Å². The van der Waals surface area contributed by atoms with Crippen LogP contribution in [0.4, 0.5) is 0 Å². The zero-order chi connectivity index (χ0) is 13.4. The van der Waals surface area contributed by atoms with Crippen molar-refractivity contribution in [2.75, 3.05) is 4.93 Å². The van der Waals surface area contributed by atoms with Crippen molar-refractivity contribution in [1.82, 2.24) is 20.0 Å². The molecule has 0 unspecified atom stereocenters. The third-order valence-corrected chi connectivity index (χ3v) is 2.94. The summed E-state index contributed by atoms with van der Waals surface area (Å²) in [5.41, 5.74) is 0. The Morgan fingerprint density at radius 2 is 1.76 bits per heavy atom. The molecule has 2 heterocycles. The number of hydrogen-bond donors (Lipinski definition) is 1. The molecule has 0 radical (unpaired) electrons. The lowest BCUT2D eigenvalue weighted by Gasteiger charge is -1.84. The standard InChI is InChI=1S/C4H4ClIN2.C3H2ClIN2.CH3I/c1-8-3(5)2-4(6)7-8;4-2-1-3(5)7-6-2;1-2/h2H,1H3;1H,(H,6,7);1H3. The van der Waals surface area contributed by atoms with E-state index in [1.165, 1.54) is 0 Å².